The summed E-state index contributed by atoms with van der Waals surface area (Å²) in [5.74, 6) is 0.958. The van der Waals surface area contributed by atoms with Gasteiger partial charge in [-0.15, -0.1) is 0 Å². The number of rotatable bonds is 7. The number of halogens is 1. The molecule has 2 unspecified atom stereocenters. The monoisotopic (exact) mass is 297 g/mol. The molecule has 0 bridgehead atoms. The predicted molar refractivity (Wildman–Crippen MR) is 84.4 cm³/mol. The number of carbonyl (C=O) groups excluding carboxylic acids is 1. The number of amides is 1. The molecule has 1 amide bonds. The van der Waals surface area contributed by atoms with Crippen LogP contribution >= 0.6 is 11.6 Å². The minimum atomic E-state index is -0.148. The Hall–Kier alpha value is -1.29. The van der Waals surface area contributed by atoms with E-state index in [0.717, 1.165) is 19.4 Å². The SMILES string of the molecule is CCCNc1cc(C(=O)NC(C)C(C)CC)c(Cl)cn1. The smallest absolute Gasteiger partial charge is 0.253 e. The molecule has 0 saturated heterocycles. The van der Waals surface area contributed by atoms with Crippen LogP contribution in [0.5, 0.6) is 0 Å². The molecule has 2 N–H and O–H groups in total. The van der Waals surface area contributed by atoms with Gasteiger partial charge < -0.3 is 10.6 Å². The van der Waals surface area contributed by atoms with E-state index < -0.39 is 0 Å². The fourth-order valence-corrected chi connectivity index (χ4v) is 1.93. The number of hydrogen-bond acceptors (Lipinski definition) is 3. The van der Waals surface area contributed by atoms with Crippen LogP contribution in [0.25, 0.3) is 0 Å². The first-order chi connectivity index (χ1) is 9.49. The number of nitrogens with zero attached hydrogens (tertiary/aromatic N) is 1. The van der Waals surface area contributed by atoms with Gasteiger partial charge in [-0.3, -0.25) is 4.79 Å². The summed E-state index contributed by atoms with van der Waals surface area (Å²) in [4.78, 5) is 16.4. The minimum absolute atomic E-state index is 0.115. The van der Waals surface area contributed by atoms with E-state index in [9.17, 15) is 4.79 Å². The van der Waals surface area contributed by atoms with Gasteiger partial charge in [-0.25, -0.2) is 4.98 Å². The molecular formula is C15H24ClN3O. The van der Waals surface area contributed by atoms with Crippen molar-refractivity contribution in [2.24, 2.45) is 5.92 Å². The third-order valence-corrected chi connectivity index (χ3v) is 3.81. The molecule has 0 fully saturated rings. The average Bonchev–Trinajstić information content (AvgIpc) is 2.45. The highest BCUT2D eigenvalue weighted by atomic mass is 35.5. The average molecular weight is 298 g/mol. The third kappa shape index (κ3) is 4.67. The van der Waals surface area contributed by atoms with Crippen LogP contribution in [0.15, 0.2) is 12.3 Å². The fourth-order valence-electron chi connectivity index (χ4n) is 1.74. The summed E-state index contributed by atoms with van der Waals surface area (Å²) in [5, 5.41) is 6.52. The van der Waals surface area contributed by atoms with E-state index in [1.165, 1.54) is 6.20 Å². The Labute approximate surface area is 126 Å². The standard InChI is InChI=1S/C15H24ClN3O/c1-5-7-17-14-8-12(13(16)9-18-14)15(20)19-11(4)10(3)6-2/h8-11H,5-7H2,1-4H3,(H,17,18)(H,19,20). The van der Waals surface area contributed by atoms with Gasteiger partial charge in [0, 0.05) is 18.8 Å². The summed E-state index contributed by atoms with van der Waals surface area (Å²) < 4.78 is 0. The third-order valence-electron chi connectivity index (χ3n) is 3.51. The van der Waals surface area contributed by atoms with E-state index >= 15 is 0 Å². The number of nitrogens with one attached hydrogen (secondary N) is 2. The molecule has 0 radical (unpaired) electrons. The van der Waals surface area contributed by atoms with Gasteiger partial charge in [0.1, 0.15) is 5.82 Å². The van der Waals surface area contributed by atoms with Crippen LogP contribution in [0.4, 0.5) is 5.82 Å². The number of hydrogen-bond donors (Lipinski definition) is 2. The second kappa shape index (κ2) is 8.10. The molecular weight excluding hydrogens is 274 g/mol. The van der Waals surface area contributed by atoms with Gasteiger partial charge in [0.15, 0.2) is 0 Å². The molecule has 0 spiro atoms. The highest BCUT2D eigenvalue weighted by molar-refractivity contribution is 6.33. The lowest BCUT2D eigenvalue weighted by atomic mass is 10.0. The molecule has 112 valence electrons. The van der Waals surface area contributed by atoms with Crippen molar-refractivity contribution >= 4 is 23.3 Å². The molecule has 1 heterocycles. The van der Waals surface area contributed by atoms with Crippen molar-refractivity contribution < 1.29 is 4.79 Å². The van der Waals surface area contributed by atoms with Crippen LogP contribution in [-0.4, -0.2) is 23.5 Å². The quantitative estimate of drug-likeness (QED) is 0.806. The van der Waals surface area contributed by atoms with Crippen LogP contribution < -0.4 is 10.6 Å². The van der Waals surface area contributed by atoms with Crippen molar-refractivity contribution in [3.05, 3.63) is 22.8 Å². The molecule has 4 nitrogen and oxygen atoms in total. The van der Waals surface area contributed by atoms with Gasteiger partial charge in [-0.05, 0) is 25.3 Å². The molecule has 1 aromatic heterocycles. The second-order valence-electron chi connectivity index (χ2n) is 5.12. The van der Waals surface area contributed by atoms with Crippen molar-refractivity contribution in [1.29, 1.82) is 0 Å². The molecule has 1 rings (SSSR count). The molecule has 0 saturated carbocycles. The van der Waals surface area contributed by atoms with Gasteiger partial charge in [-0.1, -0.05) is 38.8 Å². The summed E-state index contributed by atoms with van der Waals surface area (Å²) in [6.45, 7) is 9.13. The van der Waals surface area contributed by atoms with Crippen molar-refractivity contribution in [3.8, 4) is 0 Å². The molecule has 0 aliphatic carbocycles. The molecule has 0 aliphatic heterocycles. The Balaban J connectivity index is 2.80. The Morgan fingerprint density at radius 1 is 1.40 bits per heavy atom. The van der Waals surface area contributed by atoms with Gasteiger partial charge in [-0.2, -0.15) is 0 Å². The van der Waals surface area contributed by atoms with Gasteiger partial charge in [0.2, 0.25) is 0 Å². The van der Waals surface area contributed by atoms with Crippen molar-refractivity contribution in [3.63, 3.8) is 0 Å². The van der Waals surface area contributed by atoms with Crippen LogP contribution in [0.3, 0.4) is 0 Å². The number of pyridine rings is 1. The summed E-state index contributed by atoms with van der Waals surface area (Å²) in [6, 6.07) is 1.82. The lowest BCUT2D eigenvalue weighted by molar-refractivity contribution is 0.0928. The summed E-state index contributed by atoms with van der Waals surface area (Å²) >= 11 is 6.07. The first-order valence-corrected chi connectivity index (χ1v) is 7.57. The molecule has 1 aromatic rings. The zero-order chi connectivity index (χ0) is 15.1. The first kappa shape index (κ1) is 16.8. The molecule has 0 aliphatic rings. The number of aromatic nitrogens is 1. The number of carbonyl (C=O) groups is 1. The second-order valence-corrected chi connectivity index (χ2v) is 5.53. The normalized spacial score (nSPS) is 13.7. The highest BCUT2D eigenvalue weighted by Crippen LogP contribution is 2.19. The maximum absolute atomic E-state index is 12.3. The van der Waals surface area contributed by atoms with E-state index in [4.69, 9.17) is 11.6 Å². The maximum atomic E-state index is 12.3. The molecule has 5 heteroatoms. The largest absolute Gasteiger partial charge is 0.370 e. The van der Waals surface area contributed by atoms with Crippen molar-refractivity contribution in [1.82, 2.24) is 10.3 Å². The fraction of sp³-hybridized carbons (Fsp3) is 0.600. The van der Waals surface area contributed by atoms with Crippen molar-refractivity contribution in [2.45, 2.75) is 46.6 Å². The zero-order valence-corrected chi connectivity index (χ0v) is 13.4. The Kier molecular flexibility index (Phi) is 6.79. The molecule has 2 atom stereocenters. The van der Waals surface area contributed by atoms with E-state index in [1.807, 2.05) is 6.92 Å². The van der Waals surface area contributed by atoms with E-state index in [0.29, 0.717) is 22.3 Å². The lowest BCUT2D eigenvalue weighted by Gasteiger charge is -2.20. The van der Waals surface area contributed by atoms with E-state index in [1.54, 1.807) is 6.07 Å². The summed E-state index contributed by atoms with van der Waals surface area (Å²) in [7, 11) is 0. The van der Waals surface area contributed by atoms with Crippen LogP contribution in [0.1, 0.15) is 50.9 Å². The van der Waals surface area contributed by atoms with Gasteiger partial charge in [0.25, 0.3) is 5.91 Å². The Morgan fingerprint density at radius 2 is 2.10 bits per heavy atom. The maximum Gasteiger partial charge on any atom is 0.253 e. The Morgan fingerprint density at radius 3 is 2.70 bits per heavy atom. The zero-order valence-electron chi connectivity index (χ0n) is 12.7. The van der Waals surface area contributed by atoms with Gasteiger partial charge >= 0.3 is 0 Å². The van der Waals surface area contributed by atoms with Crippen LogP contribution in [-0.2, 0) is 0 Å². The summed E-state index contributed by atoms with van der Waals surface area (Å²) in [5.41, 5.74) is 0.468. The van der Waals surface area contributed by atoms with Crippen molar-refractivity contribution in [2.75, 3.05) is 11.9 Å². The van der Waals surface area contributed by atoms with E-state index in [-0.39, 0.29) is 11.9 Å². The summed E-state index contributed by atoms with van der Waals surface area (Å²) in [6.07, 6.45) is 3.54. The topological polar surface area (TPSA) is 54.0 Å². The predicted octanol–water partition coefficient (Wildman–Crippen LogP) is 3.72. The lowest BCUT2D eigenvalue weighted by Crippen LogP contribution is -2.37. The van der Waals surface area contributed by atoms with E-state index in [2.05, 4.69) is 36.4 Å². The van der Waals surface area contributed by atoms with Gasteiger partial charge in [0.05, 0.1) is 10.6 Å². The highest BCUT2D eigenvalue weighted by Gasteiger charge is 2.17. The first-order valence-electron chi connectivity index (χ1n) is 7.19. The molecule has 0 aromatic carbocycles. The number of anilines is 1. The van der Waals surface area contributed by atoms with Crippen LogP contribution in [0.2, 0.25) is 5.02 Å². The minimum Gasteiger partial charge on any atom is -0.370 e. The van der Waals surface area contributed by atoms with Crippen LogP contribution in [0, 0.1) is 5.92 Å². The Bertz CT molecular complexity index is 451. The molecule has 20 heavy (non-hydrogen) atoms.